The Morgan fingerprint density at radius 3 is 2.25 bits per heavy atom. The summed E-state index contributed by atoms with van der Waals surface area (Å²) in [7, 11) is 1.72. The molecule has 1 saturated heterocycles. The summed E-state index contributed by atoms with van der Waals surface area (Å²) in [5.41, 5.74) is 4.72. The summed E-state index contributed by atoms with van der Waals surface area (Å²) in [4.78, 5) is 42.2. The highest BCUT2D eigenvalue weighted by molar-refractivity contribution is 6.09. The Kier molecular flexibility index (Phi) is 4.08. The molecule has 150 valence electrons. The standard InChI is InChI=1S/C23H30N2O3/c1-23(12-14-5-3-4-6-14)21(27)25(22(28)24(23)2)13-19(26)20-17-9-10-18(20)16-8-7-15(17)11-16/h14,20H,3-13H2,1-2H3. The number of amides is 3. The van der Waals surface area contributed by atoms with Gasteiger partial charge in [0.1, 0.15) is 5.54 Å². The van der Waals surface area contributed by atoms with E-state index in [1.54, 1.807) is 11.9 Å². The van der Waals surface area contributed by atoms with Crippen LogP contribution >= 0.6 is 0 Å². The van der Waals surface area contributed by atoms with Crippen molar-refractivity contribution in [3.8, 4) is 0 Å². The molecule has 28 heavy (non-hydrogen) atoms. The zero-order chi connectivity index (χ0) is 19.6. The van der Waals surface area contributed by atoms with Crippen molar-refractivity contribution in [2.45, 2.75) is 76.7 Å². The number of hydrogen-bond acceptors (Lipinski definition) is 3. The number of rotatable bonds is 5. The van der Waals surface area contributed by atoms with Crippen LogP contribution in [0.3, 0.4) is 0 Å². The van der Waals surface area contributed by atoms with Gasteiger partial charge in [0.25, 0.3) is 5.91 Å². The fourth-order valence-corrected chi connectivity index (χ4v) is 6.50. The third-order valence-corrected chi connectivity index (χ3v) is 8.19. The Bertz CT molecular complexity index is 805. The molecule has 0 aromatic carbocycles. The number of urea groups is 1. The monoisotopic (exact) mass is 382 g/mol. The van der Waals surface area contributed by atoms with Gasteiger partial charge >= 0.3 is 6.03 Å². The van der Waals surface area contributed by atoms with Crippen molar-refractivity contribution >= 4 is 17.7 Å². The molecular formula is C23H30N2O3. The summed E-state index contributed by atoms with van der Waals surface area (Å²) in [6.45, 7) is 1.82. The van der Waals surface area contributed by atoms with Crippen LogP contribution in [-0.4, -0.2) is 46.7 Å². The minimum atomic E-state index is -0.805. The maximum atomic E-state index is 13.3. The van der Waals surface area contributed by atoms with Gasteiger partial charge in [0.2, 0.25) is 0 Å². The van der Waals surface area contributed by atoms with Gasteiger partial charge in [-0.15, -0.1) is 0 Å². The van der Waals surface area contributed by atoms with Crippen molar-refractivity contribution in [3.05, 3.63) is 22.3 Å². The number of nitrogens with zero attached hydrogens (tertiary/aromatic N) is 2. The topological polar surface area (TPSA) is 57.7 Å². The molecule has 3 saturated carbocycles. The lowest BCUT2D eigenvalue weighted by Gasteiger charge is -2.31. The number of Topliss-reactive ketones (excluding diaryl/α,β-unsaturated/α-hetero) is 1. The highest BCUT2D eigenvalue weighted by Gasteiger charge is 2.54. The van der Waals surface area contributed by atoms with E-state index in [0.717, 1.165) is 44.9 Å². The van der Waals surface area contributed by atoms with Crippen LogP contribution in [0, 0.1) is 11.8 Å². The predicted molar refractivity (Wildman–Crippen MR) is 105 cm³/mol. The fraction of sp³-hybridized carbons (Fsp3) is 0.696. The van der Waals surface area contributed by atoms with Crippen LogP contribution < -0.4 is 0 Å². The number of allylic oxidation sites excluding steroid dienone is 4. The molecule has 0 N–H and O–H groups in total. The third kappa shape index (κ3) is 2.47. The number of carbonyl (C=O) groups excluding carboxylic acids is 3. The molecule has 1 atom stereocenters. The van der Waals surface area contributed by atoms with Crippen LogP contribution in [0.5, 0.6) is 0 Å². The summed E-state index contributed by atoms with van der Waals surface area (Å²) < 4.78 is 0. The van der Waals surface area contributed by atoms with Crippen molar-refractivity contribution in [2.75, 3.05) is 13.6 Å². The first-order chi connectivity index (χ1) is 13.4. The van der Waals surface area contributed by atoms with Crippen molar-refractivity contribution in [1.29, 1.82) is 0 Å². The van der Waals surface area contributed by atoms with Gasteiger partial charge in [-0.2, -0.15) is 0 Å². The van der Waals surface area contributed by atoms with Crippen LogP contribution in [0.25, 0.3) is 0 Å². The van der Waals surface area contributed by atoms with E-state index < -0.39 is 5.54 Å². The summed E-state index contributed by atoms with van der Waals surface area (Å²) in [6, 6.07) is -0.305. The van der Waals surface area contributed by atoms with E-state index in [1.165, 1.54) is 40.0 Å². The number of ketones is 1. The van der Waals surface area contributed by atoms with E-state index in [4.69, 9.17) is 0 Å². The first-order valence-corrected chi connectivity index (χ1v) is 10.9. The average molecular weight is 383 g/mol. The summed E-state index contributed by atoms with van der Waals surface area (Å²) >= 11 is 0. The number of fused-ring (bicyclic) bond motifs is 4. The number of hydrogen-bond donors (Lipinski definition) is 0. The first-order valence-electron chi connectivity index (χ1n) is 10.9. The summed E-state index contributed by atoms with van der Waals surface area (Å²) in [5, 5.41) is 0. The van der Waals surface area contributed by atoms with Crippen molar-refractivity contribution in [3.63, 3.8) is 0 Å². The Hall–Kier alpha value is -1.91. The molecule has 0 aromatic rings. The summed E-state index contributed by atoms with van der Waals surface area (Å²) in [6.07, 6.45) is 10.7. The lowest BCUT2D eigenvalue weighted by atomic mass is 9.84. The van der Waals surface area contributed by atoms with Gasteiger partial charge in [-0.1, -0.05) is 48.0 Å². The second kappa shape index (κ2) is 6.30. The zero-order valence-corrected chi connectivity index (χ0v) is 17.1. The van der Waals surface area contributed by atoms with Crippen molar-refractivity contribution in [1.82, 2.24) is 9.80 Å². The second-order valence-corrected chi connectivity index (χ2v) is 9.70. The Morgan fingerprint density at radius 1 is 1.04 bits per heavy atom. The molecule has 0 radical (unpaired) electrons. The molecule has 5 nitrogen and oxygen atoms in total. The largest absolute Gasteiger partial charge is 0.327 e. The lowest BCUT2D eigenvalue weighted by Crippen LogP contribution is -2.46. The Balaban J connectivity index is 1.36. The maximum Gasteiger partial charge on any atom is 0.327 e. The van der Waals surface area contributed by atoms with Crippen LogP contribution in [0.1, 0.15) is 71.1 Å². The van der Waals surface area contributed by atoms with E-state index in [-0.39, 0.29) is 30.2 Å². The first kappa shape index (κ1) is 18.1. The molecule has 5 aliphatic rings. The van der Waals surface area contributed by atoms with Crippen LogP contribution in [0.15, 0.2) is 22.3 Å². The molecule has 4 aliphatic carbocycles. The van der Waals surface area contributed by atoms with Gasteiger partial charge in [-0.25, -0.2) is 4.79 Å². The lowest BCUT2D eigenvalue weighted by molar-refractivity contribution is -0.136. The Morgan fingerprint density at radius 2 is 1.64 bits per heavy atom. The average Bonchev–Trinajstić information content (AvgIpc) is 3.41. The van der Waals surface area contributed by atoms with Crippen molar-refractivity contribution in [2.24, 2.45) is 11.8 Å². The molecule has 4 bridgehead atoms. The number of imide groups is 1. The SMILES string of the molecule is CN1C(=O)N(CC(=O)C2C3=C4CCC(=C2CC3)C4)C(=O)C1(C)CC1CCCC1. The molecule has 3 amide bonds. The van der Waals surface area contributed by atoms with E-state index >= 15 is 0 Å². The van der Waals surface area contributed by atoms with E-state index in [2.05, 4.69) is 0 Å². The molecule has 1 heterocycles. The molecule has 5 rings (SSSR count). The second-order valence-electron chi connectivity index (χ2n) is 9.70. The summed E-state index contributed by atoms with van der Waals surface area (Å²) in [5.74, 6) is 0.221. The van der Waals surface area contributed by atoms with Gasteiger partial charge in [-0.3, -0.25) is 14.5 Å². The van der Waals surface area contributed by atoms with Crippen molar-refractivity contribution < 1.29 is 14.4 Å². The molecule has 1 aliphatic heterocycles. The van der Waals surface area contributed by atoms with Crippen LogP contribution in [-0.2, 0) is 9.59 Å². The van der Waals surface area contributed by atoms with Crippen LogP contribution in [0.2, 0.25) is 0 Å². The van der Waals surface area contributed by atoms with E-state index in [1.807, 2.05) is 6.92 Å². The van der Waals surface area contributed by atoms with Crippen LogP contribution in [0.4, 0.5) is 4.79 Å². The van der Waals surface area contributed by atoms with Gasteiger partial charge in [0.15, 0.2) is 5.78 Å². The van der Waals surface area contributed by atoms with Gasteiger partial charge in [0.05, 0.1) is 12.5 Å². The fourth-order valence-electron chi connectivity index (χ4n) is 6.50. The quantitative estimate of drug-likeness (QED) is 0.534. The smallest absolute Gasteiger partial charge is 0.313 e. The molecule has 1 unspecified atom stereocenters. The predicted octanol–water partition coefficient (Wildman–Crippen LogP) is 3.99. The van der Waals surface area contributed by atoms with Gasteiger partial charge in [0, 0.05) is 7.05 Å². The maximum absolute atomic E-state index is 13.3. The zero-order valence-electron chi connectivity index (χ0n) is 17.1. The van der Waals surface area contributed by atoms with E-state index in [0.29, 0.717) is 12.3 Å². The highest BCUT2D eigenvalue weighted by atomic mass is 16.2. The molecule has 4 fully saturated rings. The van der Waals surface area contributed by atoms with Gasteiger partial charge < -0.3 is 4.90 Å². The number of carbonyl (C=O) groups is 3. The highest BCUT2D eigenvalue weighted by Crippen LogP contribution is 2.52. The third-order valence-electron chi connectivity index (χ3n) is 8.19. The molecule has 0 aromatic heterocycles. The van der Waals surface area contributed by atoms with Gasteiger partial charge in [-0.05, 0) is 51.4 Å². The number of likely N-dealkylation sites (N-methyl/N-ethyl adjacent to an activating group) is 1. The normalized spacial score (nSPS) is 30.6. The molecule has 0 spiro atoms. The molecule has 5 heteroatoms. The minimum Gasteiger partial charge on any atom is -0.313 e. The van der Waals surface area contributed by atoms with E-state index in [9.17, 15) is 14.4 Å². The molecular weight excluding hydrogens is 352 g/mol. The Labute approximate surface area is 166 Å². The minimum absolute atomic E-state index is 0.0410.